The largest absolute Gasteiger partial charge is 0.481 e. The van der Waals surface area contributed by atoms with Crippen molar-refractivity contribution in [2.45, 2.75) is 135 Å². The minimum atomic E-state index is -1.28. The number of aliphatic carboxylic acids is 1. The van der Waals surface area contributed by atoms with Crippen molar-refractivity contribution in [3.8, 4) is 0 Å². The van der Waals surface area contributed by atoms with Crippen molar-refractivity contribution in [3.05, 3.63) is 12.2 Å². The van der Waals surface area contributed by atoms with E-state index < -0.39 is 71.6 Å². The molecule has 7 unspecified atom stereocenters. The summed E-state index contributed by atoms with van der Waals surface area (Å²) >= 11 is 2.61. The second kappa shape index (κ2) is 19.3. The van der Waals surface area contributed by atoms with E-state index in [1.54, 1.807) is 0 Å². The summed E-state index contributed by atoms with van der Waals surface area (Å²) in [6, 6.07) is 0. The lowest BCUT2D eigenvalue weighted by atomic mass is 9.44. The fourth-order valence-electron chi connectivity index (χ4n) is 9.25. The molecule has 4 aliphatic rings. The zero-order chi connectivity index (χ0) is 36.6. The van der Waals surface area contributed by atoms with Crippen LogP contribution in [0, 0.1) is 34.5 Å². The summed E-state index contributed by atoms with van der Waals surface area (Å²) in [7, 11) is 0. The second-order valence-corrected chi connectivity index (χ2v) is 16.4. The summed E-state index contributed by atoms with van der Waals surface area (Å²) < 4.78 is 39.8. The Hall–Kier alpha value is -0.330. The Kier molecular flexibility index (Phi) is 16.4. The zero-order valence-corrected chi connectivity index (χ0v) is 32.6. The summed E-state index contributed by atoms with van der Waals surface area (Å²) in [4.78, 5) is 26.1. The lowest BCUT2D eigenvalue weighted by molar-refractivity contribution is -0.436. The number of carboxylic acid groups (broad SMARTS) is 1. The van der Waals surface area contributed by atoms with Gasteiger partial charge in [0.1, 0.15) is 18.3 Å². The highest BCUT2D eigenvalue weighted by molar-refractivity contribution is 14.1. The molecule has 18 heteroatoms. The van der Waals surface area contributed by atoms with Crippen LogP contribution in [0.25, 0.3) is 0 Å². The molecule has 4 fully saturated rings. The van der Waals surface area contributed by atoms with Crippen LogP contribution in [0.3, 0.4) is 0 Å². The van der Waals surface area contributed by atoms with Gasteiger partial charge in [0.25, 0.3) is 0 Å². The lowest BCUT2D eigenvalue weighted by Crippen LogP contribution is -2.63. The van der Waals surface area contributed by atoms with E-state index in [0.717, 1.165) is 44.1 Å². The monoisotopic (exact) mass is 864 g/mol. The number of esters is 1. The number of unbranched alkanes of at least 4 members (excludes halogenated alkanes) is 1. The molecule has 0 aromatic heterocycles. The molecule has 0 radical (unpaired) electrons. The van der Waals surface area contributed by atoms with Gasteiger partial charge in [0.2, 0.25) is 0 Å². The smallest absolute Gasteiger partial charge is 0.306 e. The maximum atomic E-state index is 13.2. The Morgan fingerprint density at radius 3 is 2.34 bits per heavy atom. The molecule has 50 heavy (non-hydrogen) atoms. The Balaban J connectivity index is 1.71. The van der Waals surface area contributed by atoms with Crippen LogP contribution in [0.5, 0.6) is 0 Å². The van der Waals surface area contributed by atoms with Gasteiger partial charge in [0.15, 0.2) is 37.0 Å². The van der Waals surface area contributed by atoms with Crippen molar-refractivity contribution >= 4 is 59.2 Å². The third-order valence-electron chi connectivity index (χ3n) is 11.3. The van der Waals surface area contributed by atoms with E-state index >= 15 is 0 Å². The molecule has 12 atom stereocenters. The van der Waals surface area contributed by atoms with Gasteiger partial charge in [-0.25, -0.2) is 10.5 Å². The number of ether oxygens (including phenoxy) is 3. The lowest BCUT2D eigenvalue weighted by Gasteiger charge is -2.62. The molecule has 0 aromatic rings. The highest BCUT2D eigenvalue weighted by Gasteiger charge is 2.64. The van der Waals surface area contributed by atoms with Gasteiger partial charge < -0.3 is 24.4 Å². The van der Waals surface area contributed by atoms with Gasteiger partial charge in [-0.05, 0) is 73.7 Å². The number of aliphatic hydroxyl groups is 1. The van der Waals surface area contributed by atoms with Crippen molar-refractivity contribution in [3.63, 3.8) is 0 Å². The number of carbonyl (C=O) groups is 2. The Labute approximate surface area is 315 Å². The molecule has 1 saturated heterocycles. The first-order valence-corrected chi connectivity index (χ1v) is 20.0. The van der Waals surface area contributed by atoms with Crippen molar-refractivity contribution in [2.75, 3.05) is 4.43 Å². The number of fused-ring (bicyclic) bond motifs is 1. The minimum absolute atomic E-state index is 0.0249. The van der Waals surface area contributed by atoms with Crippen LogP contribution < -0.4 is 0 Å². The topological polar surface area (TPSA) is 198 Å². The number of rotatable bonds is 18. The van der Waals surface area contributed by atoms with Crippen LogP contribution in [0.2, 0.25) is 0 Å². The van der Waals surface area contributed by atoms with Gasteiger partial charge >= 0.3 is 11.9 Å². The van der Waals surface area contributed by atoms with Crippen LogP contribution in [-0.2, 0) is 50.9 Å². The molecule has 0 bridgehead atoms. The molecule has 1 spiro atoms. The van der Waals surface area contributed by atoms with E-state index in [2.05, 4.69) is 61.8 Å². The highest BCUT2D eigenvalue weighted by atomic mass is 125. The third kappa shape index (κ3) is 9.48. The van der Waals surface area contributed by atoms with Gasteiger partial charge in [-0.3, -0.25) is 18.0 Å². The first kappa shape index (κ1) is 42.4. The van der Waals surface area contributed by atoms with Gasteiger partial charge in [-0.2, -0.15) is 0 Å². The molecule has 288 valence electrons. The van der Waals surface area contributed by atoms with Crippen molar-refractivity contribution < 1.29 is 71.6 Å². The van der Waals surface area contributed by atoms with Gasteiger partial charge in [-0.1, -0.05) is 79.8 Å². The number of hydrogen-bond acceptors (Lipinski definition) is 16. The molecule has 1 heterocycles. The molecule has 15 nitrogen and oxygen atoms in total. The van der Waals surface area contributed by atoms with Gasteiger partial charge in [0, 0.05) is 16.3 Å². The molecule has 4 N–H and O–H groups in total. The van der Waals surface area contributed by atoms with Crippen LogP contribution in [0.4, 0.5) is 0 Å². The zero-order valence-electron chi connectivity index (χ0n) is 28.8. The van der Waals surface area contributed by atoms with E-state index in [1.807, 2.05) is 13.8 Å². The highest BCUT2D eigenvalue weighted by Crippen LogP contribution is 2.67. The summed E-state index contributed by atoms with van der Waals surface area (Å²) in [5.74, 6) is -2.34. The van der Waals surface area contributed by atoms with Crippen molar-refractivity contribution in [2.24, 2.45) is 34.5 Å². The number of halogens is 1. The molecular weight excluding hydrogens is 813 g/mol. The Bertz CT molecular complexity index is 1140. The normalized spacial score (nSPS) is 38.8. The molecule has 4 rings (SSSR count). The molecule has 3 saturated carbocycles. The van der Waals surface area contributed by atoms with Gasteiger partial charge in [-0.15, -0.1) is 8.67 Å². The summed E-state index contributed by atoms with van der Waals surface area (Å²) in [5.41, 5.74) is -0.0593. The van der Waals surface area contributed by atoms with Crippen LogP contribution in [0.1, 0.15) is 91.9 Å². The summed E-state index contributed by atoms with van der Waals surface area (Å²) in [5, 5.41) is 47.0. The van der Waals surface area contributed by atoms with Crippen molar-refractivity contribution in [1.29, 1.82) is 0 Å². The number of hydrogen-bond donors (Lipinski definition) is 4. The Morgan fingerprint density at radius 2 is 1.78 bits per heavy atom. The standard InChI is InChI=1S/C32H51IO15S2/c1-6-7-8-23-31(5)15-19(14-20(29(36)37)21(31)10-12-32(23)11-9-18(4)28(32)35)40-30-27(42-24(34)13-17(2)3)26(44-50-48-46-39)25(22(16-33)41-30)43-49-47-45-38/h17,19-23,25-28,30,35,38-39H,4,6-16H2,1-3,5H3,(H,36,37)/t19?,20?,21?,22-,23?,25-,26-,27?,28+,30-,31?,32?/m1/s1/i33-2. The maximum Gasteiger partial charge on any atom is 0.306 e. The number of aliphatic hydroxyl groups excluding tert-OH is 1. The van der Waals surface area contributed by atoms with Crippen LogP contribution in [0.15, 0.2) is 12.2 Å². The van der Waals surface area contributed by atoms with Crippen LogP contribution >= 0.6 is 47.2 Å². The molecule has 1 aliphatic heterocycles. The van der Waals surface area contributed by atoms with E-state index in [-0.39, 0.29) is 55.2 Å². The maximum absolute atomic E-state index is 13.2. The van der Waals surface area contributed by atoms with E-state index in [0.29, 0.717) is 17.3 Å². The fourth-order valence-corrected chi connectivity index (χ4v) is 10.7. The quantitative estimate of drug-likeness (QED) is 0.0131. The molecule has 3 aliphatic carbocycles. The van der Waals surface area contributed by atoms with Crippen molar-refractivity contribution in [1.82, 2.24) is 0 Å². The SMILES string of the molecule is C=C1CCC2(CCC3C(C(=O)O)CC(O[C@@H]4O[C@H](C[125I])[C@@H](OSOOO)[C@@H](OSOOO)C4OC(=O)CC(C)C)CC3(C)C2CCCC)[C@H]1O. The third-order valence-corrected chi connectivity index (χ3v) is 13.0. The first-order valence-electron chi connectivity index (χ1n) is 17.1. The van der Waals surface area contributed by atoms with Gasteiger partial charge in [0.05, 0.1) is 18.1 Å². The van der Waals surface area contributed by atoms with Crippen LogP contribution in [-0.4, -0.2) is 80.0 Å². The van der Waals surface area contributed by atoms with E-state index in [9.17, 15) is 19.8 Å². The Morgan fingerprint density at radius 1 is 1.10 bits per heavy atom. The first-order chi connectivity index (χ1) is 23.9. The minimum Gasteiger partial charge on any atom is -0.481 e. The molecule has 0 amide bonds. The second-order valence-electron chi connectivity index (χ2n) is 14.6. The summed E-state index contributed by atoms with van der Waals surface area (Å²) in [6.07, 6.45) is -0.307. The number of alkyl halides is 1. The predicted molar refractivity (Wildman–Crippen MR) is 187 cm³/mol. The van der Waals surface area contributed by atoms with E-state index in [1.165, 1.54) is 0 Å². The average Bonchev–Trinajstić information content (AvgIpc) is 3.34. The number of carbonyl (C=O) groups excluding carboxylic acids is 1. The molecular formula is C32H51IO15S2. The fraction of sp³-hybridized carbons (Fsp3) is 0.875. The number of carboxylic acids is 1. The average molecular weight is 865 g/mol. The van der Waals surface area contributed by atoms with E-state index in [4.69, 9.17) is 33.1 Å². The summed E-state index contributed by atoms with van der Waals surface area (Å²) in [6.45, 7) is 12.2. The predicted octanol–water partition coefficient (Wildman–Crippen LogP) is 6.64. The molecule has 0 aromatic carbocycles.